The van der Waals surface area contributed by atoms with E-state index in [1.807, 2.05) is 18.2 Å². The van der Waals surface area contributed by atoms with Crippen LogP contribution in [0.1, 0.15) is 31.9 Å². The van der Waals surface area contributed by atoms with Crippen molar-refractivity contribution in [1.82, 2.24) is 21.3 Å². The molecule has 2 rings (SSSR count). The van der Waals surface area contributed by atoms with Crippen molar-refractivity contribution in [2.24, 2.45) is 0 Å². The first-order valence-corrected chi connectivity index (χ1v) is 13.4. The van der Waals surface area contributed by atoms with Crippen LogP contribution in [-0.4, -0.2) is 61.0 Å². The van der Waals surface area contributed by atoms with E-state index < -0.39 is 47.9 Å². The van der Waals surface area contributed by atoms with Gasteiger partial charge in [0.1, 0.15) is 18.2 Å². The molecule has 5 amide bonds. The van der Waals surface area contributed by atoms with Crippen molar-refractivity contribution in [3.8, 4) is 0 Å². The molecule has 0 aliphatic rings. The van der Waals surface area contributed by atoms with Gasteiger partial charge in [0.15, 0.2) is 0 Å². The molecule has 12 heteroatoms. The molecule has 0 aromatic heterocycles. The number of halogens is 1. The maximum Gasteiger partial charge on any atom is 0.408 e. The Morgan fingerprint density at radius 3 is 2.00 bits per heavy atom. The van der Waals surface area contributed by atoms with Crippen LogP contribution < -0.4 is 26.6 Å². The first-order chi connectivity index (χ1) is 18.4. The summed E-state index contributed by atoms with van der Waals surface area (Å²) in [6.07, 6.45) is -0.593. The van der Waals surface area contributed by atoms with Crippen molar-refractivity contribution in [1.29, 1.82) is 0 Å². The standard InChI is InChI=1S/C27H34BrN5O6/c1-27(2,3)39-26(38)31-15-22(34)29-16-24(36)33-21(13-18-7-5-4-6-8-18)25(37)30-17-23(35)32-20-11-9-19(14-28)10-12-20/h4-12,21H,13-17H2,1-3H3,(H,29,34)(H,30,37)(H,31,38)(H,32,35)(H,33,36)/t21-/m0/s1. The zero-order chi connectivity index (χ0) is 28.8. The number of alkyl carbamates (subject to hydrolysis) is 1. The van der Waals surface area contributed by atoms with E-state index in [-0.39, 0.29) is 19.5 Å². The summed E-state index contributed by atoms with van der Waals surface area (Å²) in [5.41, 5.74) is 1.72. The van der Waals surface area contributed by atoms with E-state index in [0.717, 1.165) is 11.1 Å². The number of ether oxygens (including phenoxy) is 1. The summed E-state index contributed by atoms with van der Waals surface area (Å²) in [4.78, 5) is 61.4. The number of rotatable bonds is 12. The molecule has 2 aromatic rings. The Bertz CT molecular complexity index is 1140. The molecule has 0 saturated carbocycles. The molecule has 0 bridgehead atoms. The summed E-state index contributed by atoms with van der Waals surface area (Å²) in [5.74, 6) is -2.21. The molecule has 0 fully saturated rings. The third-order valence-electron chi connectivity index (χ3n) is 4.99. The Labute approximate surface area is 236 Å². The van der Waals surface area contributed by atoms with E-state index >= 15 is 0 Å². The normalized spacial score (nSPS) is 11.5. The molecule has 0 unspecified atom stereocenters. The van der Waals surface area contributed by atoms with Crippen molar-refractivity contribution in [2.45, 2.75) is 44.2 Å². The zero-order valence-corrected chi connectivity index (χ0v) is 23.7. The van der Waals surface area contributed by atoms with Gasteiger partial charge in [-0.15, -0.1) is 0 Å². The van der Waals surface area contributed by atoms with Gasteiger partial charge in [-0.25, -0.2) is 4.79 Å². The second-order valence-corrected chi connectivity index (χ2v) is 10.1. The zero-order valence-electron chi connectivity index (χ0n) is 22.1. The second-order valence-electron chi connectivity index (χ2n) is 9.54. The van der Waals surface area contributed by atoms with Gasteiger partial charge >= 0.3 is 6.09 Å². The van der Waals surface area contributed by atoms with Crippen LogP contribution in [-0.2, 0) is 35.7 Å². The van der Waals surface area contributed by atoms with E-state index in [0.29, 0.717) is 11.0 Å². The average molecular weight is 605 g/mol. The number of hydrogen-bond donors (Lipinski definition) is 5. The Morgan fingerprint density at radius 1 is 0.769 bits per heavy atom. The lowest BCUT2D eigenvalue weighted by molar-refractivity contribution is -0.130. The number of carbonyl (C=O) groups excluding carboxylic acids is 5. The molecule has 11 nitrogen and oxygen atoms in total. The highest BCUT2D eigenvalue weighted by Crippen LogP contribution is 2.11. The lowest BCUT2D eigenvalue weighted by Crippen LogP contribution is -2.52. The number of benzene rings is 2. The van der Waals surface area contributed by atoms with Gasteiger partial charge in [-0.3, -0.25) is 19.2 Å². The van der Waals surface area contributed by atoms with Crippen LogP contribution in [0.15, 0.2) is 54.6 Å². The second kappa shape index (κ2) is 15.5. The number of hydrogen-bond acceptors (Lipinski definition) is 6. The van der Waals surface area contributed by atoms with Gasteiger partial charge in [0.05, 0.1) is 13.1 Å². The van der Waals surface area contributed by atoms with Crippen molar-refractivity contribution in [3.63, 3.8) is 0 Å². The van der Waals surface area contributed by atoms with Crippen LogP contribution in [0.2, 0.25) is 0 Å². The fourth-order valence-electron chi connectivity index (χ4n) is 3.19. The van der Waals surface area contributed by atoms with Crippen LogP contribution >= 0.6 is 15.9 Å². The molecule has 210 valence electrons. The average Bonchev–Trinajstić information content (AvgIpc) is 2.89. The highest BCUT2D eigenvalue weighted by molar-refractivity contribution is 9.08. The molecule has 0 aliphatic carbocycles. The van der Waals surface area contributed by atoms with E-state index in [4.69, 9.17) is 4.74 Å². The predicted octanol–water partition coefficient (Wildman–Crippen LogP) is 2.00. The van der Waals surface area contributed by atoms with Crippen molar-refractivity contribution in [2.75, 3.05) is 25.0 Å². The minimum absolute atomic E-state index is 0.169. The maximum atomic E-state index is 12.9. The third-order valence-corrected chi connectivity index (χ3v) is 5.64. The van der Waals surface area contributed by atoms with Crippen LogP contribution in [0.3, 0.4) is 0 Å². The highest BCUT2D eigenvalue weighted by atomic mass is 79.9. The molecule has 0 heterocycles. The van der Waals surface area contributed by atoms with Gasteiger partial charge in [-0.2, -0.15) is 0 Å². The fraction of sp³-hybridized carbons (Fsp3) is 0.370. The van der Waals surface area contributed by atoms with Crippen LogP contribution in [0.25, 0.3) is 0 Å². The van der Waals surface area contributed by atoms with Gasteiger partial charge in [-0.1, -0.05) is 58.4 Å². The number of amides is 5. The Morgan fingerprint density at radius 2 is 1.38 bits per heavy atom. The molecule has 39 heavy (non-hydrogen) atoms. The first kappa shape index (κ1) is 31.3. The van der Waals surface area contributed by atoms with Gasteiger partial charge in [-0.05, 0) is 44.0 Å². The monoisotopic (exact) mass is 603 g/mol. The van der Waals surface area contributed by atoms with Crippen LogP contribution in [0.5, 0.6) is 0 Å². The SMILES string of the molecule is CC(C)(C)OC(=O)NCC(=O)NCC(=O)N[C@@H](Cc1ccccc1)C(=O)NCC(=O)Nc1ccc(CBr)cc1. The summed E-state index contributed by atoms with van der Waals surface area (Å²) < 4.78 is 5.05. The largest absolute Gasteiger partial charge is 0.444 e. The van der Waals surface area contributed by atoms with Crippen LogP contribution in [0, 0.1) is 0 Å². The number of alkyl halides is 1. The Kier molecular flexibility index (Phi) is 12.4. The minimum Gasteiger partial charge on any atom is -0.444 e. The first-order valence-electron chi connectivity index (χ1n) is 12.2. The van der Waals surface area contributed by atoms with Crippen molar-refractivity contribution >= 4 is 51.3 Å². The molecule has 5 N–H and O–H groups in total. The fourth-order valence-corrected chi connectivity index (χ4v) is 3.56. The predicted molar refractivity (Wildman–Crippen MR) is 150 cm³/mol. The Balaban J connectivity index is 1.88. The van der Waals surface area contributed by atoms with E-state index in [1.165, 1.54) is 0 Å². The third kappa shape index (κ3) is 12.9. The Hall–Kier alpha value is -3.93. The molecule has 0 aliphatic heterocycles. The van der Waals surface area contributed by atoms with Gasteiger partial charge in [0.25, 0.3) is 0 Å². The van der Waals surface area contributed by atoms with Crippen molar-refractivity contribution < 1.29 is 28.7 Å². The molecule has 0 saturated heterocycles. The highest BCUT2D eigenvalue weighted by Gasteiger charge is 2.22. The van der Waals surface area contributed by atoms with Crippen LogP contribution in [0.4, 0.5) is 10.5 Å². The van der Waals surface area contributed by atoms with E-state index in [2.05, 4.69) is 42.5 Å². The van der Waals surface area contributed by atoms with E-state index in [9.17, 15) is 24.0 Å². The molecule has 0 spiro atoms. The maximum absolute atomic E-state index is 12.9. The molecule has 0 radical (unpaired) electrons. The number of nitrogens with one attached hydrogen (secondary N) is 5. The minimum atomic E-state index is -0.997. The van der Waals surface area contributed by atoms with Crippen molar-refractivity contribution in [3.05, 3.63) is 65.7 Å². The van der Waals surface area contributed by atoms with Gasteiger partial charge < -0.3 is 31.3 Å². The quantitative estimate of drug-likeness (QED) is 0.234. The van der Waals surface area contributed by atoms with Gasteiger partial charge in [0.2, 0.25) is 23.6 Å². The number of anilines is 1. The molecular formula is C27H34BrN5O6. The molecular weight excluding hydrogens is 570 g/mol. The molecule has 1 atom stereocenters. The summed E-state index contributed by atoms with van der Waals surface area (Å²) >= 11 is 3.36. The lowest BCUT2D eigenvalue weighted by Gasteiger charge is -2.20. The lowest BCUT2D eigenvalue weighted by atomic mass is 10.1. The van der Waals surface area contributed by atoms with Gasteiger partial charge in [0, 0.05) is 17.4 Å². The summed E-state index contributed by atoms with van der Waals surface area (Å²) in [6, 6.07) is 15.3. The summed E-state index contributed by atoms with van der Waals surface area (Å²) in [7, 11) is 0. The summed E-state index contributed by atoms with van der Waals surface area (Å²) in [5, 5.41) is 13.2. The topological polar surface area (TPSA) is 155 Å². The summed E-state index contributed by atoms with van der Waals surface area (Å²) in [6.45, 7) is 3.97. The number of carbonyl (C=O) groups is 5. The molecule has 2 aromatic carbocycles. The smallest absolute Gasteiger partial charge is 0.408 e. The van der Waals surface area contributed by atoms with E-state index in [1.54, 1.807) is 57.2 Å².